The van der Waals surface area contributed by atoms with Crippen molar-refractivity contribution in [1.29, 1.82) is 0 Å². The molecule has 0 bridgehead atoms. The van der Waals surface area contributed by atoms with Gasteiger partial charge in [0.2, 0.25) is 0 Å². The number of ether oxygens (including phenoxy) is 3. The molecule has 0 saturated heterocycles. The van der Waals surface area contributed by atoms with Crippen LogP contribution in [0.1, 0.15) is 28.5 Å². The van der Waals surface area contributed by atoms with Gasteiger partial charge in [-0.1, -0.05) is 30.3 Å². The number of nitrogens with one attached hydrogen (secondary N) is 1. The van der Waals surface area contributed by atoms with Gasteiger partial charge in [0.15, 0.2) is 0 Å². The molecule has 0 aliphatic carbocycles. The number of fused-ring (bicyclic) bond motifs is 1. The Balaban J connectivity index is 1.90. The molecule has 168 valence electrons. The molecule has 3 N–H and O–H groups in total. The first-order chi connectivity index (χ1) is 16.0. The van der Waals surface area contributed by atoms with E-state index in [-0.39, 0.29) is 0 Å². The first-order valence-corrected chi connectivity index (χ1v) is 10.2. The number of carbonyl (C=O) groups excluding carboxylic acids is 2. The van der Waals surface area contributed by atoms with Crippen LogP contribution in [0.5, 0.6) is 17.2 Å². The molecule has 0 saturated carbocycles. The minimum Gasteiger partial charge on any atom is -0.497 e. The number of hydrazone groups is 1. The first-order valence-electron chi connectivity index (χ1n) is 10.2. The fraction of sp³-hybridized carbons (Fsp3) is 0.160. The largest absolute Gasteiger partial charge is 0.497 e. The third-order valence-corrected chi connectivity index (χ3v) is 5.49. The molecule has 8 heteroatoms. The molecule has 2 amide bonds. The Labute approximate surface area is 191 Å². The maximum Gasteiger partial charge on any atom is 0.332 e. The second-order valence-corrected chi connectivity index (χ2v) is 7.39. The lowest BCUT2D eigenvalue weighted by Gasteiger charge is -2.24. The van der Waals surface area contributed by atoms with E-state index in [1.807, 2.05) is 54.6 Å². The van der Waals surface area contributed by atoms with Gasteiger partial charge in [0.05, 0.1) is 25.8 Å². The number of rotatable bonds is 7. The van der Waals surface area contributed by atoms with E-state index >= 15 is 0 Å². The van der Waals surface area contributed by atoms with Gasteiger partial charge in [-0.2, -0.15) is 5.10 Å². The van der Waals surface area contributed by atoms with E-state index in [1.54, 1.807) is 32.4 Å². The van der Waals surface area contributed by atoms with Crippen molar-refractivity contribution in [3.05, 3.63) is 89.5 Å². The molecule has 1 aliphatic rings. The minimum atomic E-state index is -0.816. The normalized spacial score (nSPS) is 15.9. The molecule has 0 unspecified atom stereocenters. The van der Waals surface area contributed by atoms with Gasteiger partial charge < -0.3 is 19.9 Å². The Morgan fingerprint density at radius 2 is 1.58 bits per heavy atom. The van der Waals surface area contributed by atoms with Gasteiger partial charge in [-0.05, 0) is 53.6 Å². The number of hydrogen-bond acceptors (Lipinski definition) is 6. The summed E-state index contributed by atoms with van der Waals surface area (Å²) in [6.07, 6.45) is 0. The van der Waals surface area contributed by atoms with Crippen LogP contribution in [0.3, 0.4) is 0 Å². The summed E-state index contributed by atoms with van der Waals surface area (Å²) < 4.78 is 16.1. The Hall–Kier alpha value is -4.33. The third-order valence-electron chi connectivity index (χ3n) is 5.49. The lowest BCUT2D eigenvalue weighted by Crippen LogP contribution is -2.31. The number of amides is 2. The molecule has 33 heavy (non-hydrogen) atoms. The van der Waals surface area contributed by atoms with E-state index in [0.29, 0.717) is 28.5 Å². The Kier molecular flexibility index (Phi) is 6.26. The van der Waals surface area contributed by atoms with Crippen LogP contribution in [0.4, 0.5) is 4.79 Å². The minimum absolute atomic E-state index is 0.405. The zero-order valence-corrected chi connectivity index (χ0v) is 18.1. The SMILES string of the molecule is COc1ccc(/C(=N/NC(N)=O)[C@H](c2ccc(OC)cc2)[C@H]2C(=O)Oc3ccccc32)cc1. The molecular formula is C25H23N3O5. The van der Waals surface area contributed by atoms with Crippen LogP contribution in [0, 0.1) is 0 Å². The van der Waals surface area contributed by atoms with Gasteiger partial charge in [-0.3, -0.25) is 4.79 Å². The van der Waals surface area contributed by atoms with E-state index < -0.39 is 23.8 Å². The van der Waals surface area contributed by atoms with Gasteiger partial charge in [-0.25, -0.2) is 10.2 Å². The zero-order chi connectivity index (χ0) is 23.4. The summed E-state index contributed by atoms with van der Waals surface area (Å²) in [5.74, 6) is 0.148. The van der Waals surface area contributed by atoms with Crippen LogP contribution >= 0.6 is 0 Å². The smallest absolute Gasteiger partial charge is 0.332 e. The van der Waals surface area contributed by atoms with Crippen molar-refractivity contribution in [1.82, 2.24) is 5.43 Å². The van der Waals surface area contributed by atoms with Crippen LogP contribution < -0.4 is 25.4 Å². The summed E-state index contributed by atoms with van der Waals surface area (Å²) in [4.78, 5) is 24.6. The van der Waals surface area contributed by atoms with E-state index in [4.69, 9.17) is 19.9 Å². The number of primary amides is 1. The van der Waals surface area contributed by atoms with Crippen molar-refractivity contribution < 1.29 is 23.8 Å². The Morgan fingerprint density at radius 3 is 2.18 bits per heavy atom. The number of para-hydroxylation sites is 1. The summed E-state index contributed by atoms with van der Waals surface area (Å²) in [5.41, 5.74) is 10.3. The Morgan fingerprint density at radius 1 is 0.970 bits per heavy atom. The number of nitrogens with zero attached hydrogens (tertiary/aromatic N) is 1. The molecule has 1 aliphatic heterocycles. The molecule has 0 radical (unpaired) electrons. The van der Waals surface area contributed by atoms with E-state index in [2.05, 4.69) is 10.5 Å². The second kappa shape index (κ2) is 9.44. The quantitative estimate of drug-likeness (QED) is 0.250. The summed E-state index contributed by atoms with van der Waals surface area (Å²) in [5, 5.41) is 4.33. The average Bonchev–Trinajstić information content (AvgIpc) is 3.17. The monoisotopic (exact) mass is 445 g/mol. The molecule has 8 nitrogen and oxygen atoms in total. The zero-order valence-electron chi connectivity index (χ0n) is 18.1. The van der Waals surface area contributed by atoms with Crippen LogP contribution in [0.2, 0.25) is 0 Å². The molecule has 2 atom stereocenters. The predicted molar refractivity (Wildman–Crippen MR) is 123 cm³/mol. The number of hydrogen-bond donors (Lipinski definition) is 2. The predicted octanol–water partition coefficient (Wildman–Crippen LogP) is 3.56. The standard InChI is InChI=1S/C25H23N3O5/c1-31-17-11-7-15(8-12-17)21(22-19-5-3-4-6-20(19)33-24(22)29)23(27-28-25(26)30)16-9-13-18(32-2)14-10-16/h3-14,21-22H,1-2H3,(H3,26,28,30)/b27-23-/t21-,22+/m1/s1. The van der Waals surface area contributed by atoms with Crippen LogP contribution in [-0.2, 0) is 4.79 Å². The van der Waals surface area contributed by atoms with Crippen molar-refractivity contribution in [3.8, 4) is 17.2 Å². The van der Waals surface area contributed by atoms with E-state index in [1.165, 1.54) is 0 Å². The molecule has 0 spiro atoms. The summed E-state index contributed by atoms with van der Waals surface area (Å²) in [6.45, 7) is 0. The number of methoxy groups -OCH3 is 2. The lowest BCUT2D eigenvalue weighted by molar-refractivity contribution is -0.134. The molecule has 0 fully saturated rings. The lowest BCUT2D eigenvalue weighted by atomic mass is 9.77. The number of nitrogens with two attached hydrogens (primary N) is 1. The molecule has 1 heterocycles. The van der Waals surface area contributed by atoms with Crippen molar-refractivity contribution in [2.45, 2.75) is 11.8 Å². The maximum absolute atomic E-state index is 13.1. The van der Waals surface area contributed by atoms with Gasteiger partial charge in [0.1, 0.15) is 17.2 Å². The number of esters is 1. The number of urea groups is 1. The van der Waals surface area contributed by atoms with Crippen molar-refractivity contribution in [3.63, 3.8) is 0 Å². The highest BCUT2D eigenvalue weighted by Gasteiger charge is 2.42. The fourth-order valence-corrected chi connectivity index (χ4v) is 3.96. The van der Waals surface area contributed by atoms with Crippen molar-refractivity contribution >= 4 is 17.7 Å². The Bertz CT molecular complexity index is 1190. The van der Waals surface area contributed by atoms with Gasteiger partial charge in [0.25, 0.3) is 0 Å². The molecular weight excluding hydrogens is 422 g/mol. The van der Waals surface area contributed by atoms with Crippen LogP contribution in [-0.4, -0.2) is 31.9 Å². The summed E-state index contributed by atoms with van der Waals surface area (Å²) in [6, 6.07) is 21.0. The highest BCUT2D eigenvalue weighted by Crippen LogP contribution is 2.45. The van der Waals surface area contributed by atoms with Gasteiger partial charge >= 0.3 is 12.0 Å². The second-order valence-electron chi connectivity index (χ2n) is 7.39. The average molecular weight is 445 g/mol. The van der Waals surface area contributed by atoms with E-state index in [0.717, 1.165) is 11.1 Å². The molecule has 4 rings (SSSR count). The molecule has 3 aromatic carbocycles. The maximum atomic E-state index is 13.1. The van der Waals surface area contributed by atoms with Crippen LogP contribution in [0.15, 0.2) is 77.9 Å². The molecule has 3 aromatic rings. The first kappa shape index (κ1) is 21.9. The fourth-order valence-electron chi connectivity index (χ4n) is 3.96. The summed E-state index contributed by atoms with van der Waals surface area (Å²) >= 11 is 0. The molecule has 0 aromatic heterocycles. The topological polar surface area (TPSA) is 112 Å². The van der Waals surface area contributed by atoms with Crippen molar-refractivity contribution in [2.24, 2.45) is 10.8 Å². The highest BCUT2D eigenvalue weighted by atomic mass is 16.5. The summed E-state index contributed by atoms with van der Waals surface area (Å²) in [7, 11) is 3.16. The number of benzene rings is 3. The number of carbonyl (C=O) groups is 2. The van der Waals surface area contributed by atoms with Crippen molar-refractivity contribution in [2.75, 3.05) is 14.2 Å². The van der Waals surface area contributed by atoms with Gasteiger partial charge in [-0.15, -0.1) is 0 Å². The van der Waals surface area contributed by atoms with Gasteiger partial charge in [0, 0.05) is 11.5 Å². The highest BCUT2D eigenvalue weighted by molar-refractivity contribution is 6.09. The van der Waals surface area contributed by atoms with E-state index in [9.17, 15) is 9.59 Å². The van der Waals surface area contributed by atoms with Crippen LogP contribution in [0.25, 0.3) is 0 Å². The third kappa shape index (κ3) is 4.50.